The summed E-state index contributed by atoms with van der Waals surface area (Å²) in [7, 11) is 1.68. The first-order valence-electron chi connectivity index (χ1n) is 7.68. The van der Waals surface area contributed by atoms with Crippen LogP contribution in [-0.2, 0) is 16.1 Å². The third-order valence-electron chi connectivity index (χ3n) is 4.57. The van der Waals surface area contributed by atoms with E-state index in [0.29, 0.717) is 19.1 Å². The summed E-state index contributed by atoms with van der Waals surface area (Å²) in [5.41, 5.74) is 1.18. The predicted molar refractivity (Wildman–Crippen MR) is 79.6 cm³/mol. The van der Waals surface area contributed by atoms with Crippen LogP contribution in [0.4, 0.5) is 0 Å². The van der Waals surface area contributed by atoms with Gasteiger partial charge in [-0.1, -0.05) is 6.07 Å². The zero-order chi connectivity index (χ0) is 14.7. The first-order chi connectivity index (χ1) is 10.3. The number of carbonyl (C=O) groups is 1. The maximum atomic E-state index is 12.7. The van der Waals surface area contributed by atoms with Gasteiger partial charge in [-0.2, -0.15) is 0 Å². The lowest BCUT2D eigenvalue weighted by Crippen LogP contribution is -2.58. The SMILES string of the molecule is COCCN1C[C@H]2CCN(Cc3cccnc3)[C@H](C2)C1=O. The Balaban J connectivity index is 1.68. The smallest absolute Gasteiger partial charge is 0.240 e. The van der Waals surface area contributed by atoms with E-state index < -0.39 is 0 Å². The number of likely N-dealkylation sites (tertiary alicyclic amines) is 2. The number of ether oxygens (including phenoxy) is 1. The topological polar surface area (TPSA) is 45.7 Å². The summed E-state index contributed by atoms with van der Waals surface area (Å²) in [5, 5.41) is 0. The molecule has 2 fully saturated rings. The van der Waals surface area contributed by atoms with Gasteiger partial charge < -0.3 is 9.64 Å². The lowest BCUT2D eigenvalue weighted by molar-refractivity contribution is -0.146. The molecule has 2 bridgehead atoms. The molecule has 5 nitrogen and oxygen atoms in total. The van der Waals surface area contributed by atoms with Crippen molar-refractivity contribution in [2.24, 2.45) is 5.92 Å². The third kappa shape index (κ3) is 3.24. The first-order valence-corrected chi connectivity index (χ1v) is 7.68. The van der Waals surface area contributed by atoms with Gasteiger partial charge in [-0.05, 0) is 36.9 Å². The Morgan fingerprint density at radius 2 is 2.38 bits per heavy atom. The molecular formula is C16H23N3O2. The van der Waals surface area contributed by atoms with Crippen molar-refractivity contribution in [3.8, 4) is 0 Å². The average Bonchev–Trinajstić information content (AvgIpc) is 2.52. The highest BCUT2D eigenvalue weighted by atomic mass is 16.5. The second kappa shape index (κ2) is 6.54. The highest BCUT2D eigenvalue weighted by molar-refractivity contribution is 5.83. The molecule has 0 aromatic carbocycles. The average molecular weight is 289 g/mol. The zero-order valence-electron chi connectivity index (χ0n) is 12.6. The molecule has 21 heavy (non-hydrogen) atoms. The molecule has 3 heterocycles. The minimum atomic E-state index is 0.0366. The minimum Gasteiger partial charge on any atom is -0.383 e. The van der Waals surface area contributed by atoms with Gasteiger partial charge in [-0.15, -0.1) is 0 Å². The van der Waals surface area contributed by atoms with E-state index in [0.717, 1.165) is 26.1 Å². The number of aromatic nitrogens is 1. The molecule has 0 unspecified atom stereocenters. The van der Waals surface area contributed by atoms with Gasteiger partial charge in [0.15, 0.2) is 0 Å². The molecule has 2 aliphatic rings. The number of pyridine rings is 1. The van der Waals surface area contributed by atoms with Crippen LogP contribution in [0.1, 0.15) is 18.4 Å². The number of amides is 1. The molecule has 2 saturated heterocycles. The van der Waals surface area contributed by atoms with E-state index in [4.69, 9.17) is 4.74 Å². The molecule has 0 aliphatic carbocycles. The number of hydrogen-bond acceptors (Lipinski definition) is 4. The van der Waals surface area contributed by atoms with E-state index in [-0.39, 0.29) is 11.9 Å². The molecule has 0 N–H and O–H groups in total. The molecular weight excluding hydrogens is 266 g/mol. The largest absolute Gasteiger partial charge is 0.383 e. The predicted octanol–water partition coefficient (Wildman–Crippen LogP) is 1.15. The number of nitrogens with zero attached hydrogens (tertiary/aromatic N) is 3. The summed E-state index contributed by atoms with van der Waals surface area (Å²) < 4.78 is 5.12. The van der Waals surface area contributed by atoms with Gasteiger partial charge in [-0.25, -0.2) is 0 Å². The van der Waals surface area contributed by atoms with Gasteiger partial charge in [0.1, 0.15) is 0 Å². The Morgan fingerprint density at radius 1 is 1.48 bits per heavy atom. The van der Waals surface area contributed by atoms with Crippen LogP contribution < -0.4 is 0 Å². The van der Waals surface area contributed by atoms with Crippen molar-refractivity contribution in [2.75, 3.05) is 33.4 Å². The van der Waals surface area contributed by atoms with Crippen LogP contribution in [0.25, 0.3) is 0 Å². The van der Waals surface area contributed by atoms with E-state index >= 15 is 0 Å². The molecule has 5 heteroatoms. The summed E-state index contributed by atoms with van der Waals surface area (Å²) in [6, 6.07) is 4.07. The van der Waals surface area contributed by atoms with Crippen LogP contribution in [0, 0.1) is 5.92 Å². The van der Waals surface area contributed by atoms with Crippen LogP contribution in [0.3, 0.4) is 0 Å². The fourth-order valence-corrected chi connectivity index (χ4v) is 3.44. The number of methoxy groups -OCH3 is 1. The lowest BCUT2D eigenvalue weighted by atomic mass is 9.85. The molecule has 114 valence electrons. The molecule has 1 amide bonds. The van der Waals surface area contributed by atoms with Crippen molar-refractivity contribution in [3.63, 3.8) is 0 Å². The van der Waals surface area contributed by atoms with Gasteiger partial charge in [0.05, 0.1) is 12.6 Å². The lowest BCUT2D eigenvalue weighted by Gasteiger charge is -2.46. The van der Waals surface area contributed by atoms with Crippen molar-refractivity contribution in [1.82, 2.24) is 14.8 Å². The van der Waals surface area contributed by atoms with Crippen LogP contribution >= 0.6 is 0 Å². The second-order valence-electron chi connectivity index (χ2n) is 6.02. The van der Waals surface area contributed by atoms with E-state index in [1.165, 1.54) is 12.0 Å². The molecule has 0 radical (unpaired) electrons. The minimum absolute atomic E-state index is 0.0366. The fourth-order valence-electron chi connectivity index (χ4n) is 3.44. The summed E-state index contributed by atoms with van der Waals surface area (Å²) in [4.78, 5) is 21.1. The Bertz CT molecular complexity index is 480. The highest BCUT2D eigenvalue weighted by Crippen LogP contribution is 2.30. The van der Waals surface area contributed by atoms with Gasteiger partial charge >= 0.3 is 0 Å². The molecule has 2 aliphatic heterocycles. The Labute approximate surface area is 125 Å². The fraction of sp³-hybridized carbons (Fsp3) is 0.625. The molecule has 1 aromatic rings. The molecule has 1 aromatic heterocycles. The van der Waals surface area contributed by atoms with Crippen molar-refractivity contribution in [3.05, 3.63) is 30.1 Å². The normalized spacial score (nSPS) is 26.1. The van der Waals surface area contributed by atoms with Gasteiger partial charge in [-0.3, -0.25) is 14.7 Å². The zero-order valence-corrected chi connectivity index (χ0v) is 12.6. The van der Waals surface area contributed by atoms with Gasteiger partial charge in [0.25, 0.3) is 0 Å². The van der Waals surface area contributed by atoms with E-state index in [2.05, 4.69) is 16.0 Å². The first kappa shape index (κ1) is 14.5. The van der Waals surface area contributed by atoms with E-state index in [9.17, 15) is 4.79 Å². The van der Waals surface area contributed by atoms with Crippen LogP contribution in [0.5, 0.6) is 0 Å². The summed E-state index contributed by atoms with van der Waals surface area (Å²) >= 11 is 0. The quantitative estimate of drug-likeness (QED) is 0.816. The molecule has 0 spiro atoms. The standard InChI is InChI=1S/C16H23N3O2/c1-21-8-7-19-11-13-4-6-18(15(9-13)16(19)20)12-14-3-2-5-17-10-14/h2-3,5,10,13,15H,4,6-9,11-12H2,1H3/t13-,15+/m0/s1. The van der Waals surface area contributed by atoms with Crippen LogP contribution in [-0.4, -0.2) is 60.1 Å². The molecule has 2 atom stereocenters. The molecule has 3 rings (SSSR count). The third-order valence-corrected chi connectivity index (χ3v) is 4.57. The van der Waals surface area contributed by atoms with Crippen molar-refractivity contribution in [2.45, 2.75) is 25.4 Å². The van der Waals surface area contributed by atoms with E-state index in [1.54, 1.807) is 13.3 Å². The second-order valence-corrected chi connectivity index (χ2v) is 6.02. The maximum absolute atomic E-state index is 12.7. The van der Waals surface area contributed by atoms with Crippen molar-refractivity contribution < 1.29 is 9.53 Å². The number of hydrogen-bond donors (Lipinski definition) is 0. The monoisotopic (exact) mass is 289 g/mol. The van der Waals surface area contributed by atoms with Crippen LogP contribution in [0.15, 0.2) is 24.5 Å². The Kier molecular flexibility index (Phi) is 4.51. The number of fused-ring (bicyclic) bond motifs is 2. The number of rotatable bonds is 5. The molecule has 0 saturated carbocycles. The van der Waals surface area contributed by atoms with Crippen molar-refractivity contribution in [1.29, 1.82) is 0 Å². The summed E-state index contributed by atoms with van der Waals surface area (Å²) in [6.07, 6.45) is 5.85. The van der Waals surface area contributed by atoms with Crippen LogP contribution in [0.2, 0.25) is 0 Å². The summed E-state index contributed by atoms with van der Waals surface area (Å²) in [6.45, 7) is 4.06. The Hall–Kier alpha value is -1.46. The summed E-state index contributed by atoms with van der Waals surface area (Å²) in [5.74, 6) is 0.918. The Morgan fingerprint density at radius 3 is 3.14 bits per heavy atom. The van der Waals surface area contributed by atoms with Gasteiger partial charge in [0.2, 0.25) is 5.91 Å². The number of piperidine rings is 2. The number of carbonyl (C=O) groups excluding carboxylic acids is 1. The van der Waals surface area contributed by atoms with Crippen molar-refractivity contribution >= 4 is 5.91 Å². The highest BCUT2D eigenvalue weighted by Gasteiger charge is 2.40. The maximum Gasteiger partial charge on any atom is 0.240 e. The van der Waals surface area contributed by atoms with E-state index in [1.807, 2.05) is 17.2 Å². The van der Waals surface area contributed by atoms with Gasteiger partial charge in [0, 0.05) is 39.1 Å².